The van der Waals surface area contributed by atoms with Gasteiger partial charge in [0.1, 0.15) is 16.9 Å². The maximum atomic E-state index is 12.1. The van der Waals surface area contributed by atoms with Crippen LogP contribution in [0.2, 0.25) is 0 Å². The highest BCUT2D eigenvalue weighted by molar-refractivity contribution is 5.83. The monoisotopic (exact) mass is 330 g/mol. The quantitative estimate of drug-likeness (QED) is 0.637. The highest BCUT2D eigenvalue weighted by atomic mass is 16.6. The summed E-state index contributed by atoms with van der Waals surface area (Å²) < 4.78 is 16.1. The fourth-order valence-corrected chi connectivity index (χ4v) is 3.03. The van der Waals surface area contributed by atoms with Gasteiger partial charge in [-0.3, -0.25) is 0 Å². The summed E-state index contributed by atoms with van der Waals surface area (Å²) in [5.74, 6) is 0.0433. The van der Waals surface area contributed by atoms with Gasteiger partial charge in [-0.2, -0.15) is 0 Å². The number of rotatable bonds is 3. The molecule has 0 fully saturated rings. The topological polar surface area (TPSA) is 65.7 Å². The van der Waals surface area contributed by atoms with E-state index in [4.69, 9.17) is 13.9 Å². The minimum Gasteiger partial charge on any atom is -0.482 e. The highest BCUT2D eigenvalue weighted by Gasteiger charge is 2.19. The van der Waals surface area contributed by atoms with Crippen LogP contribution in [0.5, 0.6) is 5.75 Å². The summed E-state index contributed by atoms with van der Waals surface area (Å²) in [4.78, 5) is 23.9. The molecule has 1 aromatic carbocycles. The van der Waals surface area contributed by atoms with E-state index in [1.165, 1.54) is 0 Å². The summed E-state index contributed by atoms with van der Waals surface area (Å²) in [5.41, 5.74) is 1.58. The number of esters is 1. The van der Waals surface area contributed by atoms with Gasteiger partial charge in [0.2, 0.25) is 0 Å². The van der Waals surface area contributed by atoms with Gasteiger partial charge in [-0.05, 0) is 64.2 Å². The molecule has 2 aromatic rings. The molecule has 1 aliphatic rings. The van der Waals surface area contributed by atoms with Gasteiger partial charge in [-0.25, -0.2) is 9.59 Å². The Kier molecular flexibility index (Phi) is 4.35. The molecule has 0 radical (unpaired) electrons. The first-order valence-corrected chi connectivity index (χ1v) is 8.27. The summed E-state index contributed by atoms with van der Waals surface area (Å²) in [6.07, 6.45) is 3.79. The number of carbonyl (C=O) groups is 1. The Hall–Kier alpha value is -2.30. The zero-order chi connectivity index (χ0) is 17.3. The van der Waals surface area contributed by atoms with Crippen molar-refractivity contribution in [3.05, 3.63) is 39.7 Å². The third kappa shape index (κ3) is 3.61. The van der Waals surface area contributed by atoms with Crippen LogP contribution >= 0.6 is 0 Å². The fraction of sp³-hybridized carbons (Fsp3) is 0.474. The number of fused-ring (bicyclic) bond motifs is 3. The van der Waals surface area contributed by atoms with E-state index >= 15 is 0 Å². The average Bonchev–Trinajstić information content (AvgIpc) is 2.51. The van der Waals surface area contributed by atoms with Gasteiger partial charge in [0.25, 0.3) is 0 Å². The Morgan fingerprint density at radius 3 is 2.58 bits per heavy atom. The molecule has 0 spiro atoms. The zero-order valence-electron chi connectivity index (χ0n) is 14.3. The molecule has 1 aliphatic carbocycles. The number of aryl methyl sites for hydroxylation is 1. The molecule has 128 valence electrons. The van der Waals surface area contributed by atoms with Crippen molar-refractivity contribution in [3.63, 3.8) is 0 Å². The summed E-state index contributed by atoms with van der Waals surface area (Å²) in [6, 6.07) is 5.35. The van der Waals surface area contributed by atoms with Gasteiger partial charge in [0.15, 0.2) is 6.61 Å². The summed E-state index contributed by atoms with van der Waals surface area (Å²) in [5, 5.41) is 0.953. The highest BCUT2D eigenvalue weighted by Crippen LogP contribution is 2.29. The molecule has 1 heterocycles. The SMILES string of the molecule is CC(C)(C)OC(=O)COc1ccc2c3c(c(=O)oc2c1)CCCC3. The lowest BCUT2D eigenvalue weighted by molar-refractivity contribution is -0.157. The van der Waals surface area contributed by atoms with Crippen molar-refractivity contribution in [1.29, 1.82) is 0 Å². The van der Waals surface area contributed by atoms with Crippen LogP contribution in [-0.2, 0) is 22.4 Å². The Morgan fingerprint density at radius 2 is 1.88 bits per heavy atom. The molecule has 0 amide bonds. The maximum Gasteiger partial charge on any atom is 0.344 e. The third-order valence-corrected chi connectivity index (χ3v) is 3.97. The van der Waals surface area contributed by atoms with E-state index in [-0.39, 0.29) is 12.2 Å². The lowest BCUT2D eigenvalue weighted by Crippen LogP contribution is -2.27. The largest absolute Gasteiger partial charge is 0.482 e. The fourth-order valence-electron chi connectivity index (χ4n) is 3.03. The second kappa shape index (κ2) is 6.30. The molecule has 0 saturated heterocycles. The molecule has 0 N–H and O–H groups in total. The molecule has 0 unspecified atom stereocenters. The van der Waals surface area contributed by atoms with E-state index in [2.05, 4.69) is 0 Å². The molecule has 0 atom stereocenters. The molecular weight excluding hydrogens is 308 g/mol. The van der Waals surface area contributed by atoms with E-state index in [0.717, 1.165) is 42.2 Å². The van der Waals surface area contributed by atoms with Crippen LogP contribution in [0.25, 0.3) is 11.0 Å². The van der Waals surface area contributed by atoms with E-state index in [1.807, 2.05) is 6.07 Å². The smallest absolute Gasteiger partial charge is 0.344 e. The first kappa shape index (κ1) is 16.6. The lowest BCUT2D eigenvalue weighted by Gasteiger charge is -2.19. The molecule has 1 aromatic heterocycles. The van der Waals surface area contributed by atoms with Crippen LogP contribution in [-0.4, -0.2) is 18.2 Å². The molecule has 0 aliphatic heterocycles. The van der Waals surface area contributed by atoms with Crippen LogP contribution in [0.1, 0.15) is 44.7 Å². The molecule has 3 rings (SSSR count). The van der Waals surface area contributed by atoms with Crippen molar-refractivity contribution in [2.45, 2.75) is 52.1 Å². The Morgan fingerprint density at radius 1 is 1.17 bits per heavy atom. The minimum absolute atomic E-state index is 0.183. The first-order valence-electron chi connectivity index (χ1n) is 8.27. The molecule has 5 heteroatoms. The third-order valence-electron chi connectivity index (χ3n) is 3.97. The van der Waals surface area contributed by atoms with E-state index in [0.29, 0.717) is 11.3 Å². The van der Waals surface area contributed by atoms with Crippen LogP contribution in [0.15, 0.2) is 27.4 Å². The summed E-state index contributed by atoms with van der Waals surface area (Å²) >= 11 is 0. The average molecular weight is 330 g/mol. The number of hydrogen-bond donors (Lipinski definition) is 0. The number of benzene rings is 1. The van der Waals surface area contributed by atoms with Gasteiger partial charge in [0, 0.05) is 17.0 Å². The van der Waals surface area contributed by atoms with Crippen LogP contribution in [0, 0.1) is 0 Å². The van der Waals surface area contributed by atoms with Gasteiger partial charge in [-0.15, -0.1) is 0 Å². The predicted octanol–water partition coefficient (Wildman–Crippen LogP) is 3.39. The normalized spacial score (nSPS) is 14.3. The summed E-state index contributed by atoms with van der Waals surface area (Å²) in [6.45, 7) is 5.23. The molecular formula is C19H22O5. The number of ether oxygens (including phenoxy) is 2. The molecule has 5 nitrogen and oxygen atoms in total. The van der Waals surface area contributed by atoms with Gasteiger partial charge in [0.05, 0.1) is 0 Å². The van der Waals surface area contributed by atoms with Gasteiger partial charge < -0.3 is 13.9 Å². The predicted molar refractivity (Wildman–Crippen MR) is 90.5 cm³/mol. The number of hydrogen-bond acceptors (Lipinski definition) is 5. The Labute approximate surface area is 140 Å². The second-order valence-corrected chi connectivity index (χ2v) is 7.09. The Bertz CT molecular complexity index is 826. The first-order chi connectivity index (χ1) is 11.3. The maximum absolute atomic E-state index is 12.1. The van der Waals surface area contributed by atoms with Crippen LogP contribution in [0.3, 0.4) is 0 Å². The van der Waals surface area contributed by atoms with Crippen molar-refractivity contribution < 1.29 is 18.7 Å². The van der Waals surface area contributed by atoms with E-state index < -0.39 is 11.6 Å². The second-order valence-electron chi connectivity index (χ2n) is 7.09. The lowest BCUT2D eigenvalue weighted by atomic mass is 9.91. The van der Waals surface area contributed by atoms with E-state index in [9.17, 15) is 9.59 Å². The molecule has 0 bridgehead atoms. The number of carbonyl (C=O) groups excluding carboxylic acids is 1. The zero-order valence-corrected chi connectivity index (χ0v) is 14.3. The molecule has 0 saturated carbocycles. The Balaban J connectivity index is 1.82. The van der Waals surface area contributed by atoms with E-state index in [1.54, 1.807) is 32.9 Å². The van der Waals surface area contributed by atoms with Crippen molar-refractivity contribution in [2.75, 3.05) is 6.61 Å². The van der Waals surface area contributed by atoms with Crippen molar-refractivity contribution in [2.24, 2.45) is 0 Å². The van der Waals surface area contributed by atoms with Crippen LogP contribution in [0.4, 0.5) is 0 Å². The molecule has 24 heavy (non-hydrogen) atoms. The van der Waals surface area contributed by atoms with Crippen LogP contribution < -0.4 is 10.4 Å². The van der Waals surface area contributed by atoms with Crippen molar-refractivity contribution >= 4 is 16.9 Å². The van der Waals surface area contributed by atoms with Crippen molar-refractivity contribution in [1.82, 2.24) is 0 Å². The van der Waals surface area contributed by atoms with Gasteiger partial charge >= 0.3 is 11.6 Å². The van der Waals surface area contributed by atoms with Crippen molar-refractivity contribution in [3.8, 4) is 5.75 Å². The van der Waals surface area contributed by atoms with Gasteiger partial charge in [-0.1, -0.05) is 0 Å². The standard InChI is InChI=1S/C19H22O5/c1-19(2,3)24-17(20)11-22-12-8-9-14-13-6-4-5-7-15(13)18(21)23-16(14)10-12/h8-10H,4-7,11H2,1-3H3. The minimum atomic E-state index is -0.546. The summed E-state index contributed by atoms with van der Waals surface area (Å²) in [7, 11) is 0.